The Morgan fingerprint density at radius 3 is 2.38 bits per heavy atom. The first-order valence-corrected chi connectivity index (χ1v) is 5.60. The molecule has 0 atom stereocenters. The largest absolute Gasteiger partial charge is 0.464 e. The molecule has 0 amide bonds. The first-order chi connectivity index (χ1) is 7.83. The molecule has 0 aliphatic heterocycles. The van der Waals surface area contributed by atoms with Gasteiger partial charge in [-0.3, -0.25) is 0 Å². The molecule has 0 aromatic heterocycles. The quantitative estimate of drug-likeness (QED) is 0.721. The molecule has 0 saturated heterocycles. The van der Waals surface area contributed by atoms with E-state index in [9.17, 15) is 4.79 Å². The van der Waals surface area contributed by atoms with E-state index in [4.69, 9.17) is 9.47 Å². The molecule has 16 heavy (non-hydrogen) atoms. The Morgan fingerprint density at radius 2 is 1.81 bits per heavy atom. The fourth-order valence-electron chi connectivity index (χ4n) is 1.03. The van der Waals surface area contributed by atoms with Gasteiger partial charge in [0.2, 0.25) is 0 Å². The molecule has 3 heteroatoms. The lowest BCUT2D eigenvalue weighted by Gasteiger charge is -2.03. The summed E-state index contributed by atoms with van der Waals surface area (Å²) in [5, 5.41) is 0. The van der Waals surface area contributed by atoms with Gasteiger partial charge in [-0.2, -0.15) is 0 Å². The Labute approximate surface area is 97.4 Å². The molecule has 0 heterocycles. The van der Waals surface area contributed by atoms with Gasteiger partial charge in [0.25, 0.3) is 0 Å². The Morgan fingerprint density at radius 1 is 1.19 bits per heavy atom. The lowest BCUT2D eigenvalue weighted by Crippen LogP contribution is -2.12. The maximum absolute atomic E-state index is 10.9. The third kappa shape index (κ3) is 7.01. The molecule has 1 aromatic carbocycles. The number of hydrogen-bond acceptors (Lipinski definition) is 3. The second kappa shape index (κ2) is 10.2. The Hall–Kier alpha value is -1.35. The van der Waals surface area contributed by atoms with Gasteiger partial charge in [-0.1, -0.05) is 44.2 Å². The normalized spacial score (nSPS) is 8.94. The van der Waals surface area contributed by atoms with Gasteiger partial charge in [0.15, 0.2) is 0 Å². The molecule has 0 unspecified atom stereocenters. The monoisotopic (exact) mass is 224 g/mol. The van der Waals surface area contributed by atoms with Gasteiger partial charge in [0, 0.05) is 0 Å². The maximum Gasteiger partial charge on any atom is 0.332 e. The fraction of sp³-hybridized carbons (Fsp3) is 0.462. The summed E-state index contributed by atoms with van der Waals surface area (Å²) >= 11 is 0. The third-order valence-corrected chi connectivity index (χ3v) is 1.64. The minimum atomic E-state index is -0.316. The van der Waals surface area contributed by atoms with Crippen LogP contribution >= 0.6 is 0 Å². The number of benzene rings is 1. The van der Waals surface area contributed by atoms with Crippen molar-refractivity contribution in [3.63, 3.8) is 0 Å². The van der Waals surface area contributed by atoms with Crippen molar-refractivity contribution in [3.8, 4) is 0 Å². The first-order valence-electron chi connectivity index (χ1n) is 5.60. The molecule has 0 fully saturated rings. The van der Waals surface area contributed by atoms with Crippen molar-refractivity contribution in [2.24, 2.45) is 0 Å². The second-order valence-corrected chi connectivity index (χ2v) is 2.78. The van der Waals surface area contributed by atoms with E-state index in [1.165, 1.54) is 0 Å². The smallest absolute Gasteiger partial charge is 0.332 e. The number of hydrogen-bond donors (Lipinski definition) is 0. The molecule has 90 valence electrons. The van der Waals surface area contributed by atoms with Crippen LogP contribution in [-0.4, -0.2) is 19.2 Å². The summed E-state index contributed by atoms with van der Waals surface area (Å²) in [4.78, 5) is 10.9. The zero-order chi connectivity index (χ0) is 12.2. The van der Waals surface area contributed by atoms with Crippen molar-refractivity contribution in [3.05, 3.63) is 35.9 Å². The highest BCUT2D eigenvalue weighted by molar-refractivity contribution is 5.70. The molecule has 0 aliphatic carbocycles. The molecule has 0 radical (unpaired) electrons. The van der Waals surface area contributed by atoms with Crippen molar-refractivity contribution in [2.75, 3.05) is 13.2 Å². The van der Waals surface area contributed by atoms with Gasteiger partial charge in [-0.25, -0.2) is 4.79 Å². The van der Waals surface area contributed by atoms with Crippen LogP contribution in [0.1, 0.15) is 26.3 Å². The highest BCUT2D eigenvalue weighted by atomic mass is 16.6. The minimum absolute atomic E-state index is 0.0166. The van der Waals surface area contributed by atoms with Gasteiger partial charge in [-0.15, -0.1) is 0 Å². The zero-order valence-electron chi connectivity index (χ0n) is 10.2. The summed E-state index contributed by atoms with van der Waals surface area (Å²) in [6.07, 6.45) is 0. The van der Waals surface area contributed by atoms with E-state index in [0.29, 0.717) is 13.2 Å². The van der Waals surface area contributed by atoms with Crippen LogP contribution in [0.25, 0.3) is 0 Å². The van der Waals surface area contributed by atoms with Crippen LogP contribution < -0.4 is 0 Å². The summed E-state index contributed by atoms with van der Waals surface area (Å²) in [7, 11) is 0. The average molecular weight is 224 g/mol. The summed E-state index contributed by atoms with van der Waals surface area (Å²) < 4.78 is 9.88. The molecule has 1 aromatic rings. The minimum Gasteiger partial charge on any atom is -0.464 e. The molecule has 0 spiro atoms. The summed E-state index contributed by atoms with van der Waals surface area (Å²) in [6, 6.07) is 9.71. The molecule has 0 aliphatic rings. The number of ether oxygens (including phenoxy) is 2. The van der Waals surface area contributed by atoms with Crippen LogP contribution in [0.5, 0.6) is 0 Å². The molecule has 3 nitrogen and oxygen atoms in total. The van der Waals surface area contributed by atoms with Crippen LogP contribution in [-0.2, 0) is 20.9 Å². The van der Waals surface area contributed by atoms with Crippen molar-refractivity contribution >= 4 is 5.97 Å². The van der Waals surface area contributed by atoms with Crippen molar-refractivity contribution in [1.82, 2.24) is 0 Å². The number of carbonyl (C=O) groups excluding carboxylic acids is 1. The first kappa shape index (κ1) is 14.6. The highest BCUT2D eigenvalue weighted by Crippen LogP contribution is 2.00. The van der Waals surface area contributed by atoms with Crippen LogP contribution in [0.4, 0.5) is 0 Å². The van der Waals surface area contributed by atoms with E-state index in [0.717, 1.165) is 5.56 Å². The van der Waals surface area contributed by atoms with Gasteiger partial charge in [-0.05, 0) is 12.5 Å². The molecule has 0 saturated carbocycles. The zero-order valence-corrected chi connectivity index (χ0v) is 10.2. The summed E-state index contributed by atoms with van der Waals surface area (Å²) in [6.45, 7) is 6.63. The maximum atomic E-state index is 10.9. The van der Waals surface area contributed by atoms with Crippen LogP contribution in [0.3, 0.4) is 0 Å². The summed E-state index contributed by atoms with van der Waals surface area (Å²) in [5.41, 5.74) is 1.05. The van der Waals surface area contributed by atoms with Crippen molar-refractivity contribution in [1.29, 1.82) is 0 Å². The Balaban J connectivity index is 0.00000106. The summed E-state index contributed by atoms with van der Waals surface area (Å²) in [5.74, 6) is -0.316. The van der Waals surface area contributed by atoms with Gasteiger partial charge in [0.1, 0.15) is 6.61 Å². The molecular weight excluding hydrogens is 204 g/mol. The lowest BCUT2D eigenvalue weighted by atomic mass is 10.2. The average Bonchev–Trinajstić information content (AvgIpc) is 2.33. The topological polar surface area (TPSA) is 35.5 Å². The third-order valence-electron chi connectivity index (χ3n) is 1.64. The molecule has 0 N–H and O–H groups in total. The number of rotatable bonds is 5. The van der Waals surface area contributed by atoms with Crippen molar-refractivity contribution < 1.29 is 14.3 Å². The SMILES string of the molecule is CC.CCOC(=O)COCc1ccccc1. The van der Waals surface area contributed by atoms with E-state index in [1.807, 2.05) is 44.2 Å². The molecule has 1 rings (SSSR count). The highest BCUT2D eigenvalue weighted by Gasteiger charge is 2.00. The Bertz CT molecular complexity index is 270. The second-order valence-electron chi connectivity index (χ2n) is 2.78. The number of carbonyl (C=O) groups is 1. The van der Waals surface area contributed by atoms with E-state index in [-0.39, 0.29) is 12.6 Å². The predicted molar refractivity (Wildman–Crippen MR) is 64.1 cm³/mol. The fourth-order valence-corrected chi connectivity index (χ4v) is 1.03. The molecule has 0 bridgehead atoms. The predicted octanol–water partition coefficient (Wildman–Crippen LogP) is 2.79. The lowest BCUT2D eigenvalue weighted by molar-refractivity contribution is -0.148. The number of esters is 1. The van der Waals surface area contributed by atoms with E-state index in [1.54, 1.807) is 6.92 Å². The van der Waals surface area contributed by atoms with Gasteiger partial charge < -0.3 is 9.47 Å². The van der Waals surface area contributed by atoms with Gasteiger partial charge >= 0.3 is 5.97 Å². The standard InChI is InChI=1S/C11H14O3.C2H6/c1-2-14-11(12)9-13-8-10-6-4-3-5-7-10;1-2/h3-7H,2,8-9H2,1H3;1-2H3. The van der Waals surface area contributed by atoms with E-state index >= 15 is 0 Å². The van der Waals surface area contributed by atoms with Crippen LogP contribution in [0.2, 0.25) is 0 Å². The van der Waals surface area contributed by atoms with Crippen molar-refractivity contribution in [2.45, 2.75) is 27.4 Å². The van der Waals surface area contributed by atoms with Gasteiger partial charge in [0.05, 0.1) is 13.2 Å². The Kier molecular flexibility index (Phi) is 9.32. The van der Waals surface area contributed by atoms with E-state index in [2.05, 4.69) is 0 Å². The van der Waals surface area contributed by atoms with E-state index < -0.39 is 0 Å². The molecular formula is C13H20O3. The van der Waals surface area contributed by atoms with Crippen LogP contribution in [0, 0.1) is 0 Å². The van der Waals surface area contributed by atoms with Crippen LogP contribution in [0.15, 0.2) is 30.3 Å².